The summed E-state index contributed by atoms with van der Waals surface area (Å²) in [4.78, 5) is 24.0. The zero-order chi connectivity index (χ0) is 28.6. The summed E-state index contributed by atoms with van der Waals surface area (Å²) in [6.07, 6.45) is 12.3. The first-order valence-corrected chi connectivity index (χ1v) is 14.7. The Balaban J connectivity index is 1.32. The molecule has 0 saturated heterocycles. The first kappa shape index (κ1) is 31.0. The topological polar surface area (TPSA) is 75.0 Å². The Labute approximate surface area is 238 Å². The van der Waals surface area contributed by atoms with Gasteiger partial charge in [-0.05, 0) is 62.1 Å². The second-order valence-corrected chi connectivity index (χ2v) is 10.3. The Bertz CT molecular complexity index is 1260. The van der Waals surface area contributed by atoms with Crippen molar-refractivity contribution >= 4 is 16.9 Å². The molecule has 0 unspecified atom stereocenters. The van der Waals surface area contributed by atoms with Crippen LogP contribution in [0.25, 0.3) is 22.1 Å². The molecule has 0 aliphatic heterocycles. The average molecular weight is 549 g/mol. The number of carbonyl (C=O) groups is 1. The highest BCUT2D eigenvalue weighted by Crippen LogP contribution is 2.26. The molecule has 0 bridgehead atoms. The minimum Gasteiger partial charge on any atom is -0.494 e. The highest BCUT2D eigenvalue weighted by atomic mass is 16.5. The molecule has 3 aromatic rings. The molecule has 2 aromatic carbocycles. The summed E-state index contributed by atoms with van der Waals surface area (Å²) in [6.45, 7) is 9.20. The van der Waals surface area contributed by atoms with Crippen molar-refractivity contribution in [3.63, 3.8) is 0 Å². The standard InChI is InChI=1S/C34H44O6/c1-4-5-21-37-29-18-15-27(16-19-29)31-24-28-17-20-30(25-32(28)40-34(31)36)38-22-13-11-9-7-6-8-10-12-14-23-39-33(35)26(2)3/h15-20,24-25H,2,4-14,21-23H2,1,3H3. The van der Waals surface area contributed by atoms with E-state index in [2.05, 4.69) is 13.5 Å². The van der Waals surface area contributed by atoms with Crippen LogP contribution < -0.4 is 15.1 Å². The molecule has 0 amide bonds. The van der Waals surface area contributed by atoms with Gasteiger partial charge in [0, 0.05) is 17.0 Å². The highest BCUT2D eigenvalue weighted by molar-refractivity contribution is 5.86. The molecule has 0 aliphatic rings. The maximum Gasteiger partial charge on any atom is 0.344 e. The molecule has 6 nitrogen and oxygen atoms in total. The summed E-state index contributed by atoms with van der Waals surface area (Å²) in [7, 11) is 0. The van der Waals surface area contributed by atoms with Crippen LogP contribution in [0.4, 0.5) is 0 Å². The fourth-order valence-corrected chi connectivity index (χ4v) is 4.37. The molecular weight excluding hydrogens is 504 g/mol. The van der Waals surface area contributed by atoms with Gasteiger partial charge in [0.05, 0.1) is 25.4 Å². The molecule has 0 N–H and O–H groups in total. The third-order valence-corrected chi connectivity index (χ3v) is 6.78. The summed E-state index contributed by atoms with van der Waals surface area (Å²) < 4.78 is 22.4. The minimum absolute atomic E-state index is 0.295. The van der Waals surface area contributed by atoms with Crippen molar-refractivity contribution in [3.05, 3.63) is 71.1 Å². The van der Waals surface area contributed by atoms with E-state index in [-0.39, 0.29) is 11.6 Å². The second-order valence-electron chi connectivity index (χ2n) is 10.3. The number of hydrogen-bond donors (Lipinski definition) is 0. The van der Waals surface area contributed by atoms with Gasteiger partial charge in [0.25, 0.3) is 0 Å². The van der Waals surface area contributed by atoms with Crippen LogP contribution in [0.15, 0.2) is 69.9 Å². The largest absolute Gasteiger partial charge is 0.494 e. The van der Waals surface area contributed by atoms with E-state index in [0.29, 0.717) is 42.3 Å². The second kappa shape index (κ2) is 17.2. The van der Waals surface area contributed by atoms with Crippen LogP contribution in [0.5, 0.6) is 11.5 Å². The van der Waals surface area contributed by atoms with E-state index >= 15 is 0 Å². The monoisotopic (exact) mass is 548 g/mol. The van der Waals surface area contributed by atoms with Crippen molar-refractivity contribution in [2.24, 2.45) is 0 Å². The zero-order valence-electron chi connectivity index (χ0n) is 24.2. The number of hydrogen-bond acceptors (Lipinski definition) is 6. The lowest BCUT2D eigenvalue weighted by molar-refractivity contribution is -0.139. The molecule has 0 atom stereocenters. The predicted octanol–water partition coefficient (Wildman–Crippen LogP) is 8.65. The number of benzene rings is 2. The van der Waals surface area contributed by atoms with Crippen LogP contribution in [0.3, 0.4) is 0 Å². The normalized spacial score (nSPS) is 10.9. The van der Waals surface area contributed by atoms with Gasteiger partial charge in [0.15, 0.2) is 0 Å². The van der Waals surface area contributed by atoms with Crippen LogP contribution in [0.2, 0.25) is 0 Å². The molecule has 1 heterocycles. The van der Waals surface area contributed by atoms with E-state index in [1.165, 1.54) is 32.1 Å². The number of ether oxygens (including phenoxy) is 3. The first-order valence-electron chi connectivity index (χ1n) is 14.7. The van der Waals surface area contributed by atoms with Crippen LogP contribution in [-0.2, 0) is 9.53 Å². The smallest absolute Gasteiger partial charge is 0.344 e. The van der Waals surface area contributed by atoms with E-state index in [4.69, 9.17) is 18.6 Å². The van der Waals surface area contributed by atoms with Gasteiger partial charge in [-0.2, -0.15) is 0 Å². The van der Waals surface area contributed by atoms with Crippen molar-refractivity contribution < 1.29 is 23.4 Å². The van der Waals surface area contributed by atoms with E-state index in [9.17, 15) is 9.59 Å². The number of unbranched alkanes of at least 4 members (excludes halogenated alkanes) is 9. The van der Waals surface area contributed by atoms with Gasteiger partial charge in [-0.15, -0.1) is 0 Å². The average Bonchev–Trinajstić information content (AvgIpc) is 2.95. The maximum absolute atomic E-state index is 12.7. The molecule has 0 spiro atoms. The number of carbonyl (C=O) groups excluding carboxylic acids is 1. The first-order chi connectivity index (χ1) is 19.5. The summed E-state index contributed by atoms with van der Waals surface area (Å²) in [5, 5.41) is 0.859. The Kier molecular flexibility index (Phi) is 13.3. The van der Waals surface area contributed by atoms with Gasteiger partial charge in [0.1, 0.15) is 17.1 Å². The molecule has 0 aliphatic carbocycles. The number of esters is 1. The summed E-state index contributed by atoms with van der Waals surface area (Å²) in [5.41, 5.74) is 1.96. The van der Waals surface area contributed by atoms with Crippen molar-refractivity contribution in [2.75, 3.05) is 19.8 Å². The van der Waals surface area contributed by atoms with E-state index in [1.807, 2.05) is 42.5 Å². The van der Waals surface area contributed by atoms with Crippen molar-refractivity contribution in [1.82, 2.24) is 0 Å². The minimum atomic E-state index is -0.365. The lowest BCUT2D eigenvalue weighted by Crippen LogP contribution is -2.05. The Morgan fingerprint density at radius 3 is 1.98 bits per heavy atom. The van der Waals surface area contributed by atoms with Gasteiger partial charge in [-0.3, -0.25) is 0 Å². The summed E-state index contributed by atoms with van der Waals surface area (Å²) in [5.74, 6) is 1.22. The van der Waals surface area contributed by atoms with Gasteiger partial charge < -0.3 is 18.6 Å². The van der Waals surface area contributed by atoms with E-state index in [1.54, 1.807) is 13.0 Å². The van der Waals surface area contributed by atoms with Crippen molar-refractivity contribution in [2.45, 2.75) is 84.5 Å². The number of rotatable bonds is 19. The molecule has 0 fully saturated rings. The van der Waals surface area contributed by atoms with Crippen LogP contribution in [-0.4, -0.2) is 25.8 Å². The molecule has 0 saturated carbocycles. The molecular formula is C34H44O6. The molecule has 6 heteroatoms. The molecule has 40 heavy (non-hydrogen) atoms. The van der Waals surface area contributed by atoms with Gasteiger partial charge in [-0.1, -0.05) is 77.0 Å². The third kappa shape index (κ3) is 10.6. The summed E-state index contributed by atoms with van der Waals surface area (Å²) in [6, 6.07) is 15.1. The molecule has 216 valence electrons. The van der Waals surface area contributed by atoms with Gasteiger partial charge in [-0.25, -0.2) is 9.59 Å². The van der Waals surface area contributed by atoms with Crippen LogP contribution in [0, 0.1) is 0 Å². The fourth-order valence-electron chi connectivity index (χ4n) is 4.37. The Morgan fingerprint density at radius 1 is 0.750 bits per heavy atom. The van der Waals surface area contributed by atoms with Gasteiger partial charge >= 0.3 is 11.6 Å². The molecule has 3 rings (SSSR count). The predicted molar refractivity (Wildman–Crippen MR) is 161 cm³/mol. The van der Waals surface area contributed by atoms with Crippen molar-refractivity contribution in [3.8, 4) is 22.6 Å². The zero-order valence-corrected chi connectivity index (χ0v) is 24.2. The van der Waals surface area contributed by atoms with E-state index < -0.39 is 0 Å². The number of fused-ring (bicyclic) bond motifs is 1. The highest BCUT2D eigenvalue weighted by Gasteiger charge is 2.09. The lowest BCUT2D eigenvalue weighted by Gasteiger charge is -2.09. The molecule has 0 radical (unpaired) electrons. The fraction of sp³-hybridized carbons (Fsp3) is 0.471. The maximum atomic E-state index is 12.7. The SMILES string of the molecule is C=C(C)C(=O)OCCCCCCCCCCCOc1ccc2cc(-c3ccc(OCCCC)cc3)c(=O)oc2c1. The Morgan fingerprint density at radius 2 is 1.32 bits per heavy atom. The van der Waals surface area contributed by atoms with Crippen LogP contribution in [0.1, 0.15) is 84.5 Å². The summed E-state index contributed by atoms with van der Waals surface area (Å²) >= 11 is 0. The quantitative estimate of drug-likeness (QED) is 0.0646. The van der Waals surface area contributed by atoms with Crippen molar-refractivity contribution in [1.29, 1.82) is 0 Å². The van der Waals surface area contributed by atoms with Crippen LogP contribution >= 0.6 is 0 Å². The molecule has 1 aromatic heterocycles. The van der Waals surface area contributed by atoms with Gasteiger partial charge in [0.2, 0.25) is 0 Å². The van der Waals surface area contributed by atoms with E-state index in [0.717, 1.165) is 55.2 Å². The lowest BCUT2D eigenvalue weighted by atomic mass is 10.1. The third-order valence-electron chi connectivity index (χ3n) is 6.78. The Hall–Kier alpha value is -3.54.